The van der Waals surface area contributed by atoms with E-state index in [1.807, 2.05) is 13.8 Å². The van der Waals surface area contributed by atoms with E-state index >= 15 is 0 Å². The number of benzene rings is 2. The third-order valence-corrected chi connectivity index (χ3v) is 5.11. The van der Waals surface area contributed by atoms with Gasteiger partial charge in [0.2, 0.25) is 5.91 Å². The Morgan fingerprint density at radius 1 is 1.19 bits per heavy atom. The fourth-order valence-corrected chi connectivity index (χ4v) is 3.12. The summed E-state index contributed by atoms with van der Waals surface area (Å²) >= 11 is 12.1. The Kier molecular flexibility index (Phi) is 7.20. The molecular weight excluding hydrogens is 441 g/mol. The van der Waals surface area contributed by atoms with Gasteiger partial charge in [-0.25, -0.2) is 9.69 Å². The second kappa shape index (κ2) is 9.85. The van der Waals surface area contributed by atoms with Gasteiger partial charge in [0.25, 0.3) is 5.91 Å². The molecule has 31 heavy (non-hydrogen) atoms. The molecule has 0 unspecified atom stereocenters. The lowest BCUT2D eigenvalue weighted by Gasteiger charge is -2.14. The molecule has 0 aliphatic carbocycles. The molecule has 9 heteroatoms. The van der Waals surface area contributed by atoms with E-state index in [0.29, 0.717) is 27.0 Å². The molecule has 2 aromatic carbocycles. The monoisotopic (exact) mass is 461 g/mol. The average Bonchev–Trinajstić information content (AvgIpc) is 2.99. The molecule has 1 aliphatic rings. The van der Waals surface area contributed by atoms with Crippen molar-refractivity contribution < 1.29 is 19.1 Å². The first-order valence-electron chi connectivity index (χ1n) is 9.63. The highest BCUT2D eigenvalue weighted by atomic mass is 35.5. The van der Waals surface area contributed by atoms with Crippen molar-refractivity contribution in [3.05, 3.63) is 63.8 Å². The SMILES string of the molecule is CC[C@H](C)Oc1ccc(/C=C2/NC(=O)N(CC(=O)Nc3ccc(Cl)cc3)C2=O)cc1Cl. The Morgan fingerprint density at radius 3 is 2.55 bits per heavy atom. The minimum atomic E-state index is -0.676. The topological polar surface area (TPSA) is 87.7 Å². The van der Waals surface area contributed by atoms with Crippen molar-refractivity contribution in [2.24, 2.45) is 0 Å². The van der Waals surface area contributed by atoms with E-state index in [2.05, 4.69) is 10.6 Å². The zero-order chi connectivity index (χ0) is 22.5. The first kappa shape index (κ1) is 22.7. The zero-order valence-electron chi connectivity index (χ0n) is 16.9. The molecule has 1 fully saturated rings. The van der Waals surface area contributed by atoms with Gasteiger partial charge in [0, 0.05) is 10.7 Å². The summed E-state index contributed by atoms with van der Waals surface area (Å²) in [5.41, 5.74) is 1.17. The summed E-state index contributed by atoms with van der Waals surface area (Å²) in [5, 5.41) is 6.02. The fraction of sp³-hybridized carbons (Fsp3) is 0.227. The quantitative estimate of drug-likeness (QED) is 0.461. The van der Waals surface area contributed by atoms with Crippen LogP contribution in [-0.2, 0) is 9.59 Å². The summed E-state index contributed by atoms with van der Waals surface area (Å²) in [6, 6.07) is 10.9. The highest BCUT2D eigenvalue weighted by molar-refractivity contribution is 6.32. The van der Waals surface area contributed by atoms with Gasteiger partial charge in [-0.3, -0.25) is 9.59 Å². The molecule has 4 amide bonds. The molecule has 0 radical (unpaired) electrons. The third-order valence-electron chi connectivity index (χ3n) is 4.56. The smallest absolute Gasteiger partial charge is 0.329 e. The predicted octanol–water partition coefficient (Wildman–Crippen LogP) is 4.70. The van der Waals surface area contributed by atoms with Gasteiger partial charge < -0.3 is 15.4 Å². The molecule has 0 bridgehead atoms. The number of imide groups is 1. The number of halogens is 2. The van der Waals surface area contributed by atoms with E-state index in [-0.39, 0.29) is 11.8 Å². The maximum atomic E-state index is 12.6. The molecule has 1 heterocycles. The molecule has 1 atom stereocenters. The molecule has 2 aromatic rings. The number of carbonyl (C=O) groups is 3. The molecule has 0 spiro atoms. The molecular formula is C22H21Cl2N3O4. The van der Waals surface area contributed by atoms with E-state index in [1.165, 1.54) is 6.08 Å². The number of rotatable bonds is 7. The Balaban J connectivity index is 1.67. The summed E-state index contributed by atoms with van der Waals surface area (Å²) in [6.45, 7) is 3.52. The molecule has 7 nitrogen and oxygen atoms in total. The van der Waals surface area contributed by atoms with Crippen molar-refractivity contribution in [1.82, 2.24) is 10.2 Å². The molecule has 0 aromatic heterocycles. The largest absolute Gasteiger partial charge is 0.489 e. The normalized spacial score (nSPS) is 15.7. The summed E-state index contributed by atoms with van der Waals surface area (Å²) in [4.78, 5) is 37.9. The van der Waals surface area contributed by atoms with Crippen molar-refractivity contribution in [3.63, 3.8) is 0 Å². The van der Waals surface area contributed by atoms with Crippen molar-refractivity contribution in [3.8, 4) is 5.75 Å². The highest BCUT2D eigenvalue weighted by Crippen LogP contribution is 2.28. The summed E-state index contributed by atoms with van der Waals surface area (Å²) in [7, 11) is 0. The van der Waals surface area contributed by atoms with Crippen LogP contribution >= 0.6 is 23.2 Å². The minimum absolute atomic E-state index is 0.0185. The van der Waals surface area contributed by atoms with E-state index in [1.54, 1.807) is 42.5 Å². The number of nitrogens with one attached hydrogen (secondary N) is 2. The lowest BCUT2D eigenvalue weighted by atomic mass is 10.1. The first-order chi connectivity index (χ1) is 14.8. The van der Waals surface area contributed by atoms with Gasteiger partial charge in [-0.2, -0.15) is 0 Å². The zero-order valence-corrected chi connectivity index (χ0v) is 18.5. The van der Waals surface area contributed by atoms with Gasteiger partial charge in [0.1, 0.15) is 18.0 Å². The number of hydrogen-bond acceptors (Lipinski definition) is 4. The molecule has 0 saturated carbocycles. The molecule has 1 aliphatic heterocycles. The maximum Gasteiger partial charge on any atom is 0.329 e. The third kappa shape index (κ3) is 5.77. The van der Waals surface area contributed by atoms with E-state index in [0.717, 1.165) is 11.3 Å². The van der Waals surface area contributed by atoms with Crippen LogP contribution in [0.25, 0.3) is 6.08 Å². The minimum Gasteiger partial charge on any atom is -0.489 e. The fourth-order valence-electron chi connectivity index (χ4n) is 2.76. The van der Waals surface area contributed by atoms with Gasteiger partial charge in [-0.05, 0) is 61.4 Å². The second-order valence-corrected chi connectivity index (χ2v) is 7.80. The number of urea groups is 1. The summed E-state index contributed by atoms with van der Waals surface area (Å²) in [5.74, 6) is -0.575. The van der Waals surface area contributed by atoms with Crippen LogP contribution in [-0.4, -0.2) is 35.4 Å². The number of ether oxygens (including phenoxy) is 1. The lowest BCUT2D eigenvalue weighted by Crippen LogP contribution is -2.38. The van der Waals surface area contributed by atoms with Crippen LogP contribution in [0.1, 0.15) is 25.8 Å². The van der Waals surface area contributed by atoms with Gasteiger partial charge in [0.15, 0.2) is 0 Å². The van der Waals surface area contributed by atoms with Gasteiger partial charge in [-0.1, -0.05) is 36.2 Å². The van der Waals surface area contributed by atoms with E-state index in [9.17, 15) is 14.4 Å². The number of amides is 4. The van der Waals surface area contributed by atoms with Gasteiger partial charge >= 0.3 is 6.03 Å². The second-order valence-electron chi connectivity index (χ2n) is 6.96. The van der Waals surface area contributed by atoms with Crippen LogP contribution < -0.4 is 15.4 Å². The Labute approximate surface area is 190 Å². The Morgan fingerprint density at radius 2 is 1.90 bits per heavy atom. The van der Waals surface area contributed by atoms with Gasteiger partial charge in [0.05, 0.1) is 11.1 Å². The molecule has 162 valence electrons. The number of carbonyl (C=O) groups excluding carboxylic acids is 3. The summed E-state index contributed by atoms with van der Waals surface area (Å²) in [6.07, 6.45) is 2.35. The molecule has 1 saturated heterocycles. The maximum absolute atomic E-state index is 12.6. The Bertz CT molecular complexity index is 1040. The van der Waals surface area contributed by atoms with Crippen LogP contribution in [0.2, 0.25) is 10.0 Å². The van der Waals surface area contributed by atoms with Crippen molar-refractivity contribution >= 4 is 52.8 Å². The predicted molar refractivity (Wildman–Crippen MR) is 120 cm³/mol. The average molecular weight is 462 g/mol. The van der Waals surface area contributed by atoms with E-state index < -0.39 is 24.4 Å². The van der Waals surface area contributed by atoms with Crippen LogP contribution in [0.5, 0.6) is 5.75 Å². The number of anilines is 1. The standard InChI is InChI=1S/C22H21Cl2N3O4/c1-3-13(2)31-19-9-4-14(10-17(19)24)11-18-21(29)27(22(30)26-18)12-20(28)25-16-7-5-15(23)6-8-16/h4-11,13H,3,12H2,1-2H3,(H,25,28)(H,26,30)/b18-11+/t13-/m0/s1. The lowest BCUT2D eigenvalue weighted by molar-refractivity contribution is -0.127. The van der Waals surface area contributed by atoms with Gasteiger partial charge in [-0.15, -0.1) is 0 Å². The molecule has 2 N–H and O–H groups in total. The first-order valence-corrected chi connectivity index (χ1v) is 10.4. The van der Waals surface area contributed by atoms with Crippen LogP contribution in [0.15, 0.2) is 48.2 Å². The van der Waals surface area contributed by atoms with Crippen LogP contribution in [0.4, 0.5) is 10.5 Å². The molecule has 3 rings (SSSR count). The van der Waals surface area contributed by atoms with Crippen molar-refractivity contribution in [2.45, 2.75) is 26.4 Å². The van der Waals surface area contributed by atoms with Crippen LogP contribution in [0, 0.1) is 0 Å². The van der Waals surface area contributed by atoms with Crippen molar-refractivity contribution in [2.75, 3.05) is 11.9 Å². The summed E-state index contributed by atoms with van der Waals surface area (Å²) < 4.78 is 5.72. The number of nitrogens with zero attached hydrogens (tertiary/aromatic N) is 1. The number of hydrogen-bond donors (Lipinski definition) is 2. The van der Waals surface area contributed by atoms with Crippen LogP contribution in [0.3, 0.4) is 0 Å². The highest BCUT2D eigenvalue weighted by Gasteiger charge is 2.34. The van der Waals surface area contributed by atoms with E-state index in [4.69, 9.17) is 27.9 Å². The van der Waals surface area contributed by atoms with Crippen molar-refractivity contribution in [1.29, 1.82) is 0 Å². The Hall–Kier alpha value is -3.03.